The zero-order chi connectivity index (χ0) is 11.0. The summed E-state index contributed by atoms with van der Waals surface area (Å²) < 4.78 is 2.84. The molecule has 0 aliphatic rings. The molecule has 3 nitrogen and oxygen atoms in total. The molecule has 0 aliphatic carbocycles. The molecule has 0 atom stereocenters. The number of hydrogen-bond acceptors (Lipinski definition) is 3. The quantitative estimate of drug-likeness (QED) is 0.799. The number of ketones is 1. The van der Waals surface area contributed by atoms with Gasteiger partial charge in [-0.05, 0) is 28.1 Å². The first-order chi connectivity index (χ1) is 7.09. The lowest BCUT2D eigenvalue weighted by molar-refractivity contribution is 0.103. The van der Waals surface area contributed by atoms with E-state index in [0.717, 1.165) is 0 Å². The monoisotopic (exact) mass is 304 g/mol. The van der Waals surface area contributed by atoms with Gasteiger partial charge in [0, 0.05) is 7.05 Å². The van der Waals surface area contributed by atoms with Gasteiger partial charge in [0.05, 0.1) is 19.9 Å². The Bertz CT molecular complexity index is 500. The van der Waals surface area contributed by atoms with Crippen molar-refractivity contribution < 1.29 is 4.79 Å². The molecule has 0 radical (unpaired) electrons. The third-order valence-corrected chi connectivity index (χ3v) is 3.72. The van der Waals surface area contributed by atoms with Crippen LogP contribution in [-0.4, -0.2) is 15.6 Å². The smallest absolute Gasteiger partial charge is 0.222 e. The highest BCUT2D eigenvalue weighted by Gasteiger charge is 2.18. The maximum Gasteiger partial charge on any atom is 0.222 e. The second-order valence-electron chi connectivity index (χ2n) is 2.90. The Kier molecular flexibility index (Phi) is 2.95. The molecule has 0 aromatic carbocycles. The zero-order valence-electron chi connectivity index (χ0n) is 7.70. The highest BCUT2D eigenvalue weighted by molar-refractivity contribution is 9.10. The Morgan fingerprint density at radius 3 is 2.80 bits per heavy atom. The van der Waals surface area contributed by atoms with Gasteiger partial charge in [0.25, 0.3) is 0 Å². The molecule has 0 aliphatic heterocycles. The van der Waals surface area contributed by atoms with Crippen molar-refractivity contribution in [2.24, 2.45) is 7.05 Å². The standard InChI is InChI=1S/C9H6BrClN2OS/c1-13-8(5(10)4-12-13)9(14)6-2-3-7(11)15-6/h2-4H,1H3. The average molecular weight is 306 g/mol. The summed E-state index contributed by atoms with van der Waals surface area (Å²) in [7, 11) is 1.73. The predicted molar refractivity (Wildman–Crippen MR) is 63.7 cm³/mol. The van der Waals surface area contributed by atoms with E-state index in [0.29, 0.717) is 19.4 Å². The molecular weight excluding hydrogens is 300 g/mol. The first kappa shape index (κ1) is 10.9. The highest BCUT2D eigenvalue weighted by atomic mass is 79.9. The Balaban J connectivity index is 2.45. The van der Waals surface area contributed by atoms with E-state index in [1.807, 2.05) is 0 Å². The summed E-state index contributed by atoms with van der Waals surface area (Å²) in [6.07, 6.45) is 1.60. The number of aromatic nitrogens is 2. The van der Waals surface area contributed by atoms with Crippen LogP contribution in [0.25, 0.3) is 0 Å². The number of carbonyl (C=O) groups excluding carboxylic acids is 1. The molecule has 0 unspecified atom stereocenters. The molecule has 78 valence electrons. The molecule has 2 aromatic heterocycles. The van der Waals surface area contributed by atoms with Gasteiger partial charge in [0.2, 0.25) is 5.78 Å². The van der Waals surface area contributed by atoms with Crippen LogP contribution >= 0.6 is 38.9 Å². The van der Waals surface area contributed by atoms with Crippen LogP contribution in [0.15, 0.2) is 22.8 Å². The number of rotatable bonds is 2. The number of carbonyl (C=O) groups is 1. The topological polar surface area (TPSA) is 34.9 Å². The van der Waals surface area contributed by atoms with E-state index in [1.54, 1.807) is 30.1 Å². The summed E-state index contributed by atoms with van der Waals surface area (Å²) in [4.78, 5) is 12.6. The molecule has 0 N–H and O–H groups in total. The summed E-state index contributed by atoms with van der Waals surface area (Å²) in [5.74, 6) is -0.0706. The summed E-state index contributed by atoms with van der Waals surface area (Å²) in [6, 6.07) is 3.43. The lowest BCUT2D eigenvalue weighted by atomic mass is 10.2. The Morgan fingerprint density at radius 1 is 1.60 bits per heavy atom. The lowest BCUT2D eigenvalue weighted by Gasteiger charge is -1.99. The van der Waals surface area contributed by atoms with Gasteiger partial charge in [-0.15, -0.1) is 11.3 Å². The van der Waals surface area contributed by atoms with E-state index < -0.39 is 0 Å². The summed E-state index contributed by atoms with van der Waals surface area (Å²) >= 11 is 10.3. The van der Waals surface area contributed by atoms with Gasteiger partial charge in [-0.3, -0.25) is 9.48 Å². The van der Waals surface area contributed by atoms with Crippen LogP contribution in [0, 0.1) is 0 Å². The second kappa shape index (κ2) is 4.08. The molecule has 2 aromatic rings. The van der Waals surface area contributed by atoms with Crippen molar-refractivity contribution in [2.45, 2.75) is 0 Å². The fourth-order valence-electron chi connectivity index (χ4n) is 1.22. The van der Waals surface area contributed by atoms with Crippen LogP contribution in [0.2, 0.25) is 4.34 Å². The normalized spacial score (nSPS) is 10.6. The molecule has 0 spiro atoms. The summed E-state index contributed by atoms with van der Waals surface area (Å²) in [6.45, 7) is 0. The highest BCUT2D eigenvalue weighted by Crippen LogP contribution is 2.26. The van der Waals surface area contributed by atoms with Crippen LogP contribution in [0.5, 0.6) is 0 Å². The van der Waals surface area contributed by atoms with Crippen LogP contribution in [0.1, 0.15) is 15.4 Å². The van der Waals surface area contributed by atoms with E-state index in [2.05, 4.69) is 21.0 Å². The van der Waals surface area contributed by atoms with Gasteiger partial charge in [0.1, 0.15) is 5.69 Å². The van der Waals surface area contributed by atoms with Gasteiger partial charge in [-0.25, -0.2) is 0 Å². The van der Waals surface area contributed by atoms with Crippen LogP contribution in [-0.2, 0) is 7.05 Å². The van der Waals surface area contributed by atoms with Gasteiger partial charge in [-0.1, -0.05) is 11.6 Å². The predicted octanol–water partition coefficient (Wildman–Crippen LogP) is 3.13. The zero-order valence-corrected chi connectivity index (χ0v) is 10.9. The number of aryl methyl sites for hydroxylation is 1. The summed E-state index contributed by atoms with van der Waals surface area (Å²) in [5, 5.41) is 3.99. The number of thiophene rings is 1. The van der Waals surface area contributed by atoms with Crippen LogP contribution in [0.4, 0.5) is 0 Å². The van der Waals surface area contributed by atoms with Crippen molar-refractivity contribution in [2.75, 3.05) is 0 Å². The minimum Gasteiger partial charge on any atom is -0.286 e. The first-order valence-corrected chi connectivity index (χ1v) is 6.06. The fraction of sp³-hybridized carbons (Fsp3) is 0.111. The largest absolute Gasteiger partial charge is 0.286 e. The van der Waals surface area contributed by atoms with Crippen molar-refractivity contribution in [1.82, 2.24) is 9.78 Å². The Hall–Kier alpha value is -0.650. The Morgan fingerprint density at radius 2 is 2.33 bits per heavy atom. The van der Waals surface area contributed by atoms with Gasteiger partial charge >= 0.3 is 0 Å². The molecule has 0 saturated heterocycles. The van der Waals surface area contributed by atoms with E-state index >= 15 is 0 Å². The second-order valence-corrected chi connectivity index (χ2v) is 5.47. The van der Waals surface area contributed by atoms with E-state index in [-0.39, 0.29) is 5.78 Å². The third-order valence-electron chi connectivity index (χ3n) is 1.91. The maximum absolute atomic E-state index is 12.0. The average Bonchev–Trinajstić information content (AvgIpc) is 2.73. The van der Waals surface area contributed by atoms with Crippen molar-refractivity contribution in [3.63, 3.8) is 0 Å². The number of nitrogens with zero attached hydrogens (tertiary/aromatic N) is 2. The van der Waals surface area contributed by atoms with E-state index in [4.69, 9.17) is 11.6 Å². The van der Waals surface area contributed by atoms with Crippen LogP contribution < -0.4 is 0 Å². The number of halogens is 2. The fourth-order valence-corrected chi connectivity index (χ4v) is 2.73. The molecule has 2 rings (SSSR count). The van der Waals surface area contributed by atoms with Gasteiger partial charge < -0.3 is 0 Å². The maximum atomic E-state index is 12.0. The third kappa shape index (κ3) is 2.00. The molecule has 6 heteroatoms. The molecule has 2 heterocycles. The molecule has 0 saturated carbocycles. The van der Waals surface area contributed by atoms with E-state index in [1.165, 1.54) is 11.3 Å². The SMILES string of the molecule is Cn1ncc(Br)c1C(=O)c1ccc(Cl)s1. The van der Waals surface area contributed by atoms with Gasteiger partial charge in [-0.2, -0.15) is 5.10 Å². The van der Waals surface area contributed by atoms with Gasteiger partial charge in [0.15, 0.2) is 0 Å². The Labute approximate surface area is 104 Å². The molecule has 0 amide bonds. The lowest BCUT2D eigenvalue weighted by Crippen LogP contribution is -2.07. The van der Waals surface area contributed by atoms with Crippen molar-refractivity contribution in [3.8, 4) is 0 Å². The van der Waals surface area contributed by atoms with Crippen LogP contribution in [0.3, 0.4) is 0 Å². The first-order valence-electron chi connectivity index (χ1n) is 4.07. The molecule has 15 heavy (non-hydrogen) atoms. The van der Waals surface area contributed by atoms with Crippen molar-refractivity contribution in [3.05, 3.63) is 37.7 Å². The van der Waals surface area contributed by atoms with Crippen molar-refractivity contribution >= 4 is 44.7 Å². The molecular formula is C9H6BrClN2OS. The van der Waals surface area contributed by atoms with E-state index in [9.17, 15) is 4.79 Å². The minimum atomic E-state index is -0.0706. The summed E-state index contributed by atoms with van der Waals surface area (Å²) in [5.41, 5.74) is 0.536. The minimum absolute atomic E-state index is 0.0706. The van der Waals surface area contributed by atoms with Crippen molar-refractivity contribution in [1.29, 1.82) is 0 Å². The number of hydrogen-bond donors (Lipinski definition) is 0. The molecule has 0 fully saturated rings. The molecule has 0 bridgehead atoms.